The zero-order chi connectivity index (χ0) is 27.0. The van der Waals surface area contributed by atoms with Crippen LogP contribution in [-0.2, 0) is 0 Å². The molecule has 2 fully saturated rings. The molecule has 0 saturated carbocycles. The van der Waals surface area contributed by atoms with E-state index in [0.29, 0.717) is 40.3 Å². The minimum atomic E-state index is -0.918. The van der Waals surface area contributed by atoms with Crippen LogP contribution in [0.4, 0.5) is 15.0 Å². The molecule has 2 aliphatic rings. The summed E-state index contributed by atoms with van der Waals surface area (Å²) in [5.41, 5.74) is -0.221. The second kappa shape index (κ2) is 8.64. The van der Waals surface area contributed by atoms with Crippen LogP contribution in [0.2, 0.25) is 10.3 Å². The number of rotatable bonds is 2. The summed E-state index contributed by atoms with van der Waals surface area (Å²) in [5, 5.41) is 12.5. The van der Waals surface area contributed by atoms with E-state index in [0.717, 1.165) is 18.2 Å². The van der Waals surface area contributed by atoms with Crippen molar-refractivity contribution < 1.29 is 14.3 Å². The molecule has 2 aromatic heterocycles. The van der Waals surface area contributed by atoms with Gasteiger partial charge in [0, 0.05) is 35.3 Å². The quantitative estimate of drug-likeness (QED) is 0.268. The third-order valence-corrected chi connectivity index (χ3v) is 8.73. The van der Waals surface area contributed by atoms with E-state index < -0.39 is 17.4 Å². The van der Waals surface area contributed by atoms with E-state index in [-0.39, 0.29) is 28.0 Å². The molecule has 4 heterocycles. The van der Waals surface area contributed by atoms with Crippen molar-refractivity contribution in [1.82, 2.24) is 19.9 Å². The van der Waals surface area contributed by atoms with E-state index in [2.05, 4.69) is 35.7 Å². The predicted molar refractivity (Wildman–Crippen MR) is 148 cm³/mol. The molecule has 0 radical (unpaired) electrons. The van der Waals surface area contributed by atoms with Gasteiger partial charge in [-0.1, -0.05) is 62.7 Å². The lowest BCUT2D eigenvalue weighted by Gasteiger charge is -2.54. The van der Waals surface area contributed by atoms with Crippen LogP contribution in [0, 0.1) is 11.2 Å². The van der Waals surface area contributed by atoms with Crippen molar-refractivity contribution in [2.45, 2.75) is 45.2 Å². The predicted octanol–water partition coefficient (Wildman–Crippen LogP) is 7.04. The first-order valence-electron chi connectivity index (χ1n) is 12.5. The topological polar surface area (TPSA) is 82.5 Å². The summed E-state index contributed by atoms with van der Waals surface area (Å²) < 4.78 is 16.2. The smallest absolute Gasteiger partial charge is 0.408 e. The summed E-state index contributed by atoms with van der Waals surface area (Å²) in [4.78, 5) is 29.2. The van der Waals surface area contributed by atoms with Gasteiger partial charge in [-0.05, 0) is 41.3 Å². The zero-order valence-corrected chi connectivity index (χ0v) is 22.7. The lowest BCUT2D eigenvalue weighted by Crippen LogP contribution is -2.68. The maximum absolute atomic E-state index is 16.2. The second-order valence-electron chi connectivity index (χ2n) is 11.2. The van der Waals surface area contributed by atoms with Crippen LogP contribution in [0.3, 0.4) is 0 Å². The lowest BCUT2D eigenvalue weighted by atomic mass is 9.71. The lowest BCUT2D eigenvalue weighted by molar-refractivity contribution is 0.00532. The molecule has 6 rings (SSSR count). The highest BCUT2D eigenvalue weighted by Gasteiger charge is 2.59. The van der Waals surface area contributed by atoms with Gasteiger partial charge in [0.2, 0.25) is 5.28 Å². The number of fused-ring (bicyclic) bond motifs is 4. The van der Waals surface area contributed by atoms with Crippen LogP contribution in [0.25, 0.3) is 32.9 Å². The Kier molecular flexibility index (Phi) is 5.70. The third kappa shape index (κ3) is 3.61. The Morgan fingerprint density at radius 2 is 1.89 bits per heavy atom. The standard InChI is InChI=1S/C28H26Cl2FN5O2/c1-27(2,3)28-11-10-16(36(28)26(37)38)13-35(14-28)24-18-12-32-22(21(31)23(18)33-25(30)34-24)17-8-4-6-15-7-5-9-19(29)20(15)17/h4-9,12,16H,10-11,13-14H2,1-3H3,(H,37,38)/t16-,28-/m0/s1. The third-order valence-electron chi connectivity index (χ3n) is 8.25. The Morgan fingerprint density at radius 1 is 1.16 bits per heavy atom. The summed E-state index contributed by atoms with van der Waals surface area (Å²) in [6, 6.07) is 10.8. The molecule has 2 bridgehead atoms. The first kappa shape index (κ1) is 25.1. The normalized spacial score (nSPS) is 21.5. The fourth-order valence-corrected chi connectivity index (χ4v) is 6.83. The van der Waals surface area contributed by atoms with Crippen LogP contribution in [0.1, 0.15) is 33.6 Å². The van der Waals surface area contributed by atoms with Crippen molar-refractivity contribution >= 4 is 56.8 Å². The van der Waals surface area contributed by atoms with Crippen LogP contribution in [-0.4, -0.2) is 55.7 Å². The van der Waals surface area contributed by atoms with E-state index in [4.69, 9.17) is 23.2 Å². The van der Waals surface area contributed by atoms with E-state index in [1.54, 1.807) is 23.2 Å². The number of halogens is 3. The molecule has 2 saturated heterocycles. The van der Waals surface area contributed by atoms with E-state index in [9.17, 15) is 9.90 Å². The largest absolute Gasteiger partial charge is 0.465 e. The van der Waals surface area contributed by atoms with Crippen LogP contribution in [0.15, 0.2) is 42.6 Å². The van der Waals surface area contributed by atoms with Crippen molar-refractivity contribution in [3.8, 4) is 11.3 Å². The number of anilines is 1. The number of carboxylic acid groups (broad SMARTS) is 1. The van der Waals surface area contributed by atoms with Gasteiger partial charge >= 0.3 is 6.09 Å². The molecule has 1 N–H and O–H groups in total. The van der Waals surface area contributed by atoms with Crippen molar-refractivity contribution in [3.05, 3.63) is 58.7 Å². The van der Waals surface area contributed by atoms with E-state index >= 15 is 4.39 Å². The van der Waals surface area contributed by atoms with Gasteiger partial charge in [0.1, 0.15) is 17.0 Å². The summed E-state index contributed by atoms with van der Waals surface area (Å²) in [6.45, 7) is 7.01. The number of carbonyl (C=O) groups is 1. The Hall–Kier alpha value is -3.23. The minimum absolute atomic E-state index is 0.0619. The molecule has 2 atom stereocenters. The Morgan fingerprint density at radius 3 is 2.61 bits per heavy atom. The number of piperazine rings is 1. The van der Waals surface area contributed by atoms with Crippen molar-refractivity contribution in [1.29, 1.82) is 0 Å². The molecule has 196 valence electrons. The Balaban J connectivity index is 1.51. The highest BCUT2D eigenvalue weighted by molar-refractivity contribution is 6.36. The number of nitrogens with zero attached hydrogens (tertiary/aromatic N) is 5. The number of hydrogen-bond donors (Lipinski definition) is 1. The van der Waals surface area contributed by atoms with E-state index in [1.807, 2.05) is 29.2 Å². The molecule has 0 unspecified atom stereocenters. The van der Waals surface area contributed by atoms with Crippen LogP contribution in [0.5, 0.6) is 0 Å². The van der Waals surface area contributed by atoms with Crippen LogP contribution >= 0.6 is 23.2 Å². The van der Waals surface area contributed by atoms with Crippen molar-refractivity contribution in [2.24, 2.45) is 5.41 Å². The first-order valence-corrected chi connectivity index (χ1v) is 13.2. The number of hydrogen-bond acceptors (Lipinski definition) is 5. The second-order valence-corrected chi connectivity index (χ2v) is 11.9. The summed E-state index contributed by atoms with van der Waals surface area (Å²) in [5.74, 6) is -0.155. The summed E-state index contributed by atoms with van der Waals surface area (Å²) in [6.07, 6.45) is 2.14. The molecule has 1 amide bonds. The Labute approximate surface area is 229 Å². The van der Waals surface area contributed by atoms with Crippen LogP contribution < -0.4 is 4.90 Å². The van der Waals surface area contributed by atoms with Crippen molar-refractivity contribution in [2.75, 3.05) is 18.0 Å². The van der Waals surface area contributed by atoms with Gasteiger partial charge in [-0.25, -0.2) is 14.2 Å². The first-order chi connectivity index (χ1) is 18.0. The summed E-state index contributed by atoms with van der Waals surface area (Å²) >= 11 is 12.9. The molecule has 7 nitrogen and oxygen atoms in total. The minimum Gasteiger partial charge on any atom is -0.465 e. The molecule has 38 heavy (non-hydrogen) atoms. The highest BCUT2D eigenvalue weighted by Crippen LogP contribution is 2.50. The number of pyridine rings is 1. The van der Waals surface area contributed by atoms with E-state index in [1.165, 1.54) is 0 Å². The van der Waals surface area contributed by atoms with Gasteiger partial charge in [-0.15, -0.1) is 0 Å². The van der Waals surface area contributed by atoms with Gasteiger partial charge in [-0.3, -0.25) is 9.88 Å². The average Bonchev–Trinajstić information content (AvgIpc) is 3.12. The highest BCUT2D eigenvalue weighted by atomic mass is 35.5. The zero-order valence-electron chi connectivity index (χ0n) is 21.2. The molecule has 4 aromatic rings. The molecule has 0 spiro atoms. The number of benzene rings is 2. The SMILES string of the molecule is CC(C)(C)[C@]12CC[C@@H](CN(c3nc(Cl)nc4c(F)c(-c5cccc6cccc(Cl)c56)ncc34)C1)N2C(=O)O. The fraction of sp³-hybridized carbons (Fsp3) is 0.357. The molecular weight excluding hydrogens is 528 g/mol. The van der Waals surface area contributed by atoms with Gasteiger partial charge < -0.3 is 10.0 Å². The molecule has 10 heteroatoms. The number of aromatic nitrogens is 3. The molecule has 0 aliphatic carbocycles. The van der Waals surface area contributed by atoms with Gasteiger partial charge in [0.25, 0.3) is 0 Å². The Bertz CT molecular complexity index is 1620. The molecular formula is C28H26Cl2FN5O2. The van der Waals surface area contributed by atoms with Crippen molar-refractivity contribution in [3.63, 3.8) is 0 Å². The molecule has 2 aliphatic heterocycles. The maximum atomic E-state index is 16.2. The average molecular weight is 554 g/mol. The molecule has 2 aromatic carbocycles. The van der Waals surface area contributed by atoms with Gasteiger partial charge in [0.05, 0.1) is 17.0 Å². The van der Waals surface area contributed by atoms with Gasteiger partial charge in [-0.2, -0.15) is 4.98 Å². The summed E-state index contributed by atoms with van der Waals surface area (Å²) in [7, 11) is 0. The fourth-order valence-electron chi connectivity index (χ4n) is 6.38. The monoisotopic (exact) mass is 553 g/mol. The van der Waals surface area contributed by atoms with Gasteiger partial charge in [0.15, 0.2) is 5.82 Å². The number of amides is 1. The maximum Gasteiger partial charge on any atom is 0.408 e.